The van der Waals surface area contributed by atoms with Crippen LogP contribution in [0.2, 0.25) is 0 Å². The van der Waals surface area contributed by atoms with E-state index in [0.29, 0.717) is 6.54 Å². The van der Waals surface area contributed by atoms with Crippen LogP contribution in [-0.2, 0) is 16.1 Å². The van der Waals surface area contributed by atoms with Gasteiger partial charge in [0.05, 0.1) is 17.9 Å². The average Bonchev–Trinajstić information content (AvgIpc) is 3.08. The van der Waals surface area contributed by atoms with Crippen molar-refractivity contribution in [2.45, 2.75) is 19.9 Å². The summed E-state index contributed by atoms with van der Waals surface area (Å²) < 4.78 is 0. The Morgan fingerprint density at radius 1 is 1.20 bits per heavy atom. The maximum Gasteiger partial charge on any atom is 0.236 e. The highest BCUT2D eigenvalue weighted by atomic mass is 16.2. The van der Waals surface area contributed by atoms with Gasteiger partial charge in [0, 0.05) is 0 Å². The van der Waals surface area contributed by atoms with Crippen molar-refractivity contribution in [1.29, 1.82) is 0 Å². The Labute approximate surface area is 118 Å². The number of carbonyl (C=O) groups is 2. The third-order valence-corrected chi connectivity index (χ3v) is 5.38. The molecule has 20 heavy (non-hydrogen) atoms. The highest BCUT2D eigenvalue weighted by Gasteiger charge is 2.66. The van der Waals surface area contributed by atoms with Gasteiger partial charge in [0.2, 0.25) is 11.8 Å². The lowest BCUT2D eigenvalue weighted by molar-refractivity contribution is -0.142. The summed E-state index contributed by atoms with van der Waals surface area (Å²) in [5.41, 5.74) is 0.517. The van der Waals surface area contributed by atoms with Gasteiger partial charge in [-0.15, -0.1) is 0 Å². The SMILES string of the molecule is C[C@]12C(=O)N(Cc3ccccc3)C(=O)[C@@H]1[C@@H]1C=C[C@@H]2C1. The molecule has 0 unspecified atom stereocenters. The molecule has 0 spiro atoms. The quantitative estimate of drug-likeness (QED) is 0.609. The predicted octanol–water partition coefficient (Wildman–Crippen LogP) is 2.38. The molecule has 102 valence electrons. The fourth-order valence-corrected chi connectivity index (χ4v) is 4.30. The molecule has 1 saturated heterocycles. The smallest absolute Gasteiger partial charge is 0.236 e. The molecule has 2 aliphatic carbocycles. The molecule has 3 heteroatoms. The summed E-state index contributed by atoms with van der Waals surface area (Å²) >= 11 is 0. The monoisotopic (exact) mass is 267 g/mol. The topological polar surface area (TPSA) is 37.4 Å². The molecule has 1 aromatic rings. The Kier molecular flexibility index (Phi) is 2.27. The Balaban J connectivity index is 1.68. The van der Waals surface area contributed by atoms with E-state index in [2.05, 4.69) is 12.2 Å². The minimum atomic E-state index is -0.495. The number of hydrogen-bond acceptors (Lipinski definition) is 2. The van der Waals surface area contributed by atoms with Crippen molar-refractivity contribution in [1.82, 2.24) is 4.90 Å². The first-order valence-corrected chi connectivity index (χ1v) is 7.20. The molecule has 2 amide bonds. The van der Waals surface area contributed by atoms with Gasteiger partial charge >= 0.3 is 0 Å². The highest BCUT2D eigenvalue weighted by Crippen LogP contribution is 2.60. The van der Waals surface area contributed by atoms with Gasteiger partial charge in [0.15, 0.2) is 0 Å². The van der Waals surface area contributed by atoms with E-state index in [0.717, 1.165) is 12.0 Å². The van der Waals surface area contributed by atoms with Crippen molar-refractivity contribution in [3.8, 4) is 0 Å². The van der Waals surface area contributed by atoms with Crippen molar-refractivity contribution in [2.75, 3.05) is 0 Å². The molecular weight excluding hydrogens is 250 g/mol. The van der Waals surface area contributed by atoms with Crippen LogP contribution in [0, 0.1) is 23.2 Å². The zero-order chi connectivity index (χ0) is 13.9. The van der Waals surface area contributed by atoms with Crippen LogP contribution in [0.1, 0.15) is 18.9 Å². The van der Waals surface area contributed by atoms with Crippen LogP contribution in [0.15, 0.2) is 42.5 Å². The van der Waals surface area contributed by atoms with E-state index in [1.54, 1.807) is 0 Å². The second-order valence-corrected chi connectivity index (χ2v) is 6.37. The van der Waals surface area contributed by atoms with E-state index in [1.165, 1.54) is 4.90 Å². The minimum absolute atomic E-state index is 0.0215. The largest absolute Gasteiger partial charge is 0.277 e. The third-order valence-electron chi connectivity index (χ3n) is 5.38. The number of nitrogens with zero attached hydrogens (tertiary/aromatic N) is 1. The minimum Gasteiger partial charge on any atom is -0.277 e. The van der Waals surface area contributed by atoms with Crippen LogP contribution in [0.3, 0.4) is 0 Å². The van der Waals surface area contributed by atoms with Crippen molar-refractivity contribution < 1.29 is 9.59 Å². The summed E-state index contributed by atoms with van der Waals surface area (Å²) in [5, 5.41) is 0. The maximum atomic E-state index is 12.8. The third kappa shape index (κ3) is 1.30. The van der Waals surface area contributed by atoms with Gasteiger partial charge in [-0.25, -0.2) is 0 Å². The molecule has 1 heterocycles. The van der Waals surface area contributed by atoms with Crippen LogP contribution >= 0.6 is 0 Å². The molecule has 1 aromatic carbocycles. The Bertz CT molecular complexity index is 621. The molecule has 1 aliphatic heterocycles. The number of fused-ring (bicyclic) bond motifs is 5. The fraction of sp³-hybridized carbons (Fsp3) is 0.412. The first-order valence-electron chi connectivity index (χ1n) is 7.20. The summed E-state index contributed by atoms with van der Waals surface area (Å²) in [6, 6.07) is 9.74. The molecule has 4 rings (SSSR count). The number of likely N-dealkylation sites (tertiary alicyclic amines) is 1. The first-order chi connectivity index (χ1) is 9.62. The summed E-state index contributed by atoms with van der Waals surface area (Å²) in [6.45, 7) is 2.39. The zero-order valence-electron chi connectivity index (χ0n) is 11.5. The van der Waals surface area contributed by atoms with E-state index >= 15 is 0 Å². The van der Waals surface area contributed by atoms with Gasteiger partial charge in [-0.3, -0.25) is 14.5 Å². The van der Waals surface area contributed by atoms with Crippen LogP contribution in [0.25, 0.3) is 0 Å². The predicted molar refractivity (Wildman–Crippen MR) is 74.3 cm³/mol. The molecule has 2 bridgehead atoms. The van der Waals surface area contributed by atoms with E-state index in [-0.39, 0.29) is 29.6 Å². The molecule has 0 aromatic heterocycles. The average molecular weight is 267 g/mol. The summed E-state index contributed by atoms with van der Waals surface area (Å²) in [4.78, 5) is 26.9. The lowest BCUT2D eigenvalue weighted by atomic mass is 9.71. The van der Waals surface area contributed by atoms with E-state index in [1.807, 2.05) is 37.3 Å². The normalized spacial score (nSPS) is 37.9. The molecule has 0 N–H and O–H groups in total. The van der Waals surface area contributed by atoms with Crippen molar-refractivity contribution in [3.05, 3.63) is 48.0 Å². The molecule has 1 saturated carbocycles. The number of benzene rings is 1. The molecule has 2 fully saturated rings. The van der Waals surface area contributed by atoms with Crippen molar-refractivity contribution >= 4 is 11.8 Å². The number of rotatable bonds is 2. The molecule has 3 nitrogen and oxygen atoms in total. The second-order valence-electron chi connectivity index (χ2n) is 6.37. The molecule has 3 aliphatic rings. The van der Waals surface area contributed by atoms with Gasteiger partial charge in [-0.2, -0.15) is 0 Å². The van der Waals surface area contributed by atoms with E-state index < -0.39 is 5.41 Å². The van der Waals surface area contributed by atoms with Crippen molar-refractivity contribution in [3.63, 3.8) is 0 Å². The van der Waals surface area contributed by atoms with Crippen molar-refractivity contribution in [2.24, 2.45) is 23.2 Å². The molecular formula is C17H17NO2. The first kappa shape index (κ1) is 11.9. The fourth-order valence-electron chi connectivity index (χ4n) is 4.30. The van der Waals surface area contributed by atoms with Gasteiger partial charge in [-0.1, -0.05) is 42.5 Å². The lowest BCUT2D eigenvalue weighted by Crippen LogP contribution is -2.37. The lowest BCUT2D eigenvalue weighted by Gasteiger charge is -2.28. The second kappa shape index (κ2) is 3.81. The number of amides is 2. The van der Waals surface area contributed by atoms with E-state index in [4.69, 9.17) is 0 Å². The highest BCUT2D eigenvalue weighted by molar-refractivity contribution is 6.08. The van der Waals surface area contributed by atoms with Gasteiger partial charge in [0.1, 0.15) is 0 Å². The van der Waals surface area contributed by atoms with Gasteiger partial charge in [-0.05, 0) is 30.7 Å². The maximum absolute atomic E-state index is 12.8. The standard InChI is InChI=1S/C17H17NO2/c1-17-13-8-7-12(9-13)14(17)15(19)18(16(17)20)10-11-5-3-2-4-6-11/h2-8,12-14H,9-10H2,1H3/t12-,13-,14+,17-/m1/s1. The number of hydrogen-bond donors (Lipinski definition) is 0. The molecule has 4 atom stereocenters. The number of imide groups is 1. The summed E-state index contributed by atoms with van der Waals surface area (Å²) in [5.74, 6) is 0.428. The van der Waals surface area contributed by atoms with Crippen LogP contribution in [0.5, 0.6) is 0 Å². The molecule has 0 radical (unpaired) electrons. The van der Waals surface area contributed by atoms with Gasteiger partial charge < -0.3 is 0 Å². The van der Waals surface area contributed by atoms with Crippen LogP contribution in [-0.4, -0.2) is 16.7 Å². The van der Waals surface area contributed by atoms with Gasteiger partial charge in [0.25, 0.3) is 0 Å². The zero-order valence-corrected chi connectivity index (χ0v) is 11.5. The summed E-state index contributed by atoms with van der Waals surface area (Å²) in [7, 11) is 0. The number of allylic oxidation sites excluding steroid dienone is 2. The Morgan fingerprint density at radius 3 is 2.65 bits per heavy atom. The summed E-state index contributed by atoms with van der Waals surface area (Å²) in [6.07, 6.45) is 5.24. The van der Waals surface area contributed by atoms with Crippen LogP contribution < -0.4 is 0 Å². The van der Waals surface area contributed by atoms with Crippen LogP contribution in [0.4, 0.5) is 0 Å². The van der Waals surface area contributed by atoms with E-state index in [9.17, 15) is 9.59 Å². The Hall–Kier alpha value is -1.90. The Morgan fingerprint density at radius 2 is 1.95 bits per heavy atom. The number of carbonyl (C=O) groups excluding carboxylic acids is 2.